The molecule has 82 valence electrons. The molecule has 3 nitrogen and oxygen atoms in total. The Kier molecular flexibility index (Phi) is 2.96. The van der Waals surface area contributed by atoms with Crippen LogP contribution in [-0.2, 0) is 6.54 Å². The van der Waals surface area contributed by atoms with Crippen molar-refractivity contribution in [2.24, 2.45) is 0 Å². The summed E-state index contributed by atoms with van der Waals surface area (Å²) >= 11 is 0. The van der Waals surface area contributed by atoms with Crippen molar-refractivity contribution in [2.75, 3.05) is 11.1 Å². The van der Waals surface area contributed by atoms with E-state index in [1.165, 1.54) is 0 Å². The molecule has 0 saturated carbocycles. The Labute approximate surface area is 94.5 Å². The summed E-state index contributed by atoms with van der Waals surface area (Å²) in [4.78, 5) is 0. The van der Waals surface area contributed by atoms with Gasteiger partial charge in [0.25, 0.3) is 0 Å². The number of aromatic hydroxyl groups is 1. The molecule has 0 aliphatic carbocycles. The molecular weight excluding hydrogens is 200 g/mol. The predicted molar refractivity (Wildman–Crippen MR) is 66.3 cm³/mol. The van der Waals surface area contributed by atoms with Crippen molar-refractivity contribution < 1.29 is 5.11 Å². The van der Waals surface area contributed by atoms with Crippen molar-refractivity contribution in [1.82, 2.24) is 0 Å². The molecule has 2 rings (SSSR count). The van der Waals surface area contributed by atoms with Crippen LogP contribution in [0.3, 0.4) is 0 Å². The Bertz CT molecular complexity index is 448. The summed E-state index contributed by atoms with van der Waals surface area (Å²) in [6, 6.07) is 15.1. The van der Waals surface area contributed by atoms with Gasteiger partial charge in [0.1, 0.15) is 11.4 Å². The van der Waals surface area contributed by atoms with Gasteiger partial charge < -0.3 is 16.2 Å². The number of phenolic OH excluding ortho intramolecular Hbond substituents is 1. The van der Waals surface area contributed by atoms with Gasteiger partial charge in [-0.2, -0.15) is 0 Å². The van der Waals surface area contributed by atoms with Crippen molar-refractivity contribution in [3.05, 3.63) is 54.1 Å². The Morgan fingerprint density at radius 3 is 2.44 bits per heavy atom. The van der Waals surface area contributed by atoms with E-state index < -0.39 is 0 Å². The first-order valence-electron chi connectivity index (χ1n) is 5.12. The summed E-state index contributed by atoms with van der Waals surface area (Å²) in [5.74, 6) is 0.177. The maximum absolute atomic E-state index is 9.63. The molecule has 0 saturated heterocycles. The third-order valence-electron chi connectivity index (χ3n) is 2.39. The lowest BCUT2D eigenvalue weighted by atomic mass is 10.2. The minimum absolute atomic E-state index is 0.177. The van der Waals surface area contributed by atoms with Crippen LogP contribution in [0.1, 0.15) is 5.56 Å². The van der Waals surface area contributed by atoms with E-state index in [0.29, 0.717) is 17.9 Å². The number of hydrogen-bond acceptors (Lipinski definition) is 3. The van der Waals surface area contributed by atoms with Crippen LogP contribution >= 0.6 is 0 Å². The number of hydrogen-bond donors (Lipinski definition) is 3. The van der Waals surface area contributed by atoms with E-state index in [9.17, 15) is 5.11 Å². The minimum Gasteiger partial charge on any atom is -0.506 e. The zero-order valence-electron chi connectivity index (χ0n) is 8.85. The molecule has 16 heavy (non-hydrogen) atoms. The van der Waals surface area contributed by atoms with Crippen LogP contribution in [0, 0.1) is 0 Å². The van der Waals surface area contributed by atoms with Crippen LogP contribution in [0.5, 0.6) is 5.75 Å². The van der Waals surface area contributed by atoms with E-state index in [4.69, 9.17) is 5.73 Å². The van der Waals surface area contributed by atoms with Crippen molar-refractivity contribution in [2.45, 2.75) is 6.54 Å². The molecule has 0 unspecified atom stereocenters. The number of benzene rings is 2. The largest absolute Gasteiger partial charge is 0.506 e. The van der Waals surface area contributed by atoms with Crippen molar-refractivity contribution in [3.8, 4) is 5.75 Å². The fourth-order valence-corrected chi connectivity index (χ4v) is 1.54. The fraction of sp³-hybridized carbons (Fsp3) is 0.0769. The molecule has 0 aliphatic heterocycles. The number of nitrogens with one attached hydrogen (secondary N) is 1. The summed E-state index contributed by atoms with van der Waals surface area (Å²) in [6.07, 6.45) is 0. The van der Waals surface area contributed by atoms with Crippen molar-refractivity contribution in [3.63, 3.8) is 0 Å². The number of rotatable bonds is 3. The van der Waals surface area contributed by atoms with E-state index in [2.05, 4.69) is 5.32 Å². The monoisotopic (exact) mass is 214 g/mol. The molecule has 0 atom stereocenters. The molecule has 0 radical (unpaired) electrons. The van der Waals surface area contributed by atoms with Crippen LogP contribution in [-0.4, -0.2) is 5.11 Å². The van der Waals surface area contributed by atoms with Crippen LogP contribution in [0.2, 0.25) is 0 Å². The average molecular weight is 214 g/mol. The Morgan fingerprint density at radius 2 is 1.75 bits per heavy atom. The van der Waals surface area contributed by atoms with Gasteiger partial charge in [-0.3, -0.25) is 0 Å². The molecule has 3 heteroatoms. The molecule has 0 fully saturated rings. The normalized spacial score (nSPS) is 10.0. The number of nitrogen functional groups attached to an aromatic ring is 1. The van der Waals surface area contributed by atoms with Crippen LogP contribution < -0.4 is 11.1 Å². The van der Waals surface area contributed by atoms with Crippen molar-refractivity contribution in [1.29, 1.82) is 0 Å². The number of anilines is 2. The predicted octanol–water partition coefficient (Wildman–Crippen LogP) is 2.59. The lowest BCUT2D eigenvalue weighted by Gasteiger charge is -2.10. The number of nitrogens with two attached hydrogens (primary N) is 1. The minimum atomic E-state index is 0.177. The lowest BCUT2D eigenvalue weighted by molar-refractivity contribution is 0.477. The maximum atomic E-state index is 9.63. The lowest BCUT2D eigenvalue weighted by Crippen LogP contribution is -2.02. The highest BCUT2D eigenvalue weighted by molar-refractivity contribution is 5.72. The zero-order chi connectivity index (χ0) is 11.4. The van der Waals surface area contributed by atoms with Gasteiger partial charge in [0.05, 0.1) is 5.69 Å². The van der Waals surface area contributed by atoms with Gasteiger partial charge in [-0.1, -0.05) is 36.4 Å². The maximum Gasteiger partial charge on any atom is 0.140 e. The Balaban J connectivity index is 2.11. The first-order valence-corrected chi connectivity index (χ1v) is 5.12. The second-order valence-electron chi connectivity index (χ2n) is 3.58. The third kappa shape index (κ3) is 2.25. The van der Waals surface area contributed by atoms with Gasteiger partial charge in [0, 0.05) is 6.54 Å². The van der Waals surface area contributed by atoms with Gasteiger partial charge in [0.2, 0.25) is 0 Å². The van der Waals surface area contributed by atoms with Gasteiger partial charge in [-0.15, -0.1) is 0 Å². The molecule has 0 spiro atoms. The average Bonchev–Trinajstić information content (AvgIpc) is 2.30. The van der Waals surface area contributed by atoms with Crippen LogP contribution in [0.15, 0.2) is 48.5 Å². The highest BCUT2D eigenvalue weighted by Gasteiger charge is 2.03. The summed E-state index contributed by atoms with van der Waals surface area (Å²) in [5.41, 5.74) is 8.05. The van der Waals surface area contributed by atoms with E-state index in [-0.39, 0.29) is 5.75 Å². The first-order chi connectivity index (χ1) is 7.77. The summed E-state index contributed by atoms with van der Waals surface area (Å²) in [7, 11) is 0. The van der Waals surface area contributed by atoms with E-state index in [1.54, 1.807) is 18.2 Å². The zero-order valence-corrected chi connectivity index (χ0v) is 8.85. The molecule has 2 aromatic rings. The summed E-state index contributed by atoms with van der Waals surface area (Å²) in [5, 5.41) is 12.7. The highest BCUT2D eigenvalue weighted by Crippen LogP contribution is 2.29. The standard InChI is InChI=1S/C13H14N2O/c14-11-7-4-8-12(16)13(11)15-9-10-5-2-1-3-6-10/h1-8,15-16H,9,14H2. The number of para-hydroxylation sites is 1. The molecule has 4 N–H and O–H groups in total. The molecule has 0 heterocycles. The molecule has 0 aliphatic rings. The first kappa shape index (κ1) is 10.4. The Morgan fingerprint density at radius 1 is 1.00 bits per heavy atom. The van der Waals surface area contributed by atoms with E-state index in [0.717, 1.165) is 5.56 Å². The van der Waals surface area contributed by atoms with Crippen LogP contribution in [0.25, 0.3) is 0 Å². The van der Waals surface area contributed by atoms with Gasteiger partial charge in [-0.25, -0.2) is 0 Å². The van der Waals surface area contributed by atoms with Crippen molar-refractivity contribution >= 4 is 11.4 Å². The second kappa shape index (κ2) is 4.57. The topological polar surface area (TPSA) is 58.3 Å². The van der Waals surface area contributed by atoms with Gasteiger partial charge in [0.15, 0.2) is 0 Å². The third-order valence-corrected chi connectivity index (χ3v) is 2.39. The van der Waals surface area contributed by atoms with Crippen LogP contribution in [0.4, 0.5) is 11.4 Å². The quantitative estimate of drug-likeness (QED) is 0.543. The SMILES string of the molecule is Nc1cccc(O)c1NCc1ccccc1. The highest BCUT2D eigenvalue weighted by atomic mass is 16.3. The molecule has 0 aromatic heterocycles. The Hall–Kier alpha value is -2.16. The fourth-order valence-electron chi connectivity index (χ4n) is 1.54. The van der Waals surface area contributed by atoms with Gasteiger partial charge >= 0.3 is 0 Å². The summed E-state index contributed by atoms with van der Waals surface area (Å²) < 4.78 is 0. The number of phenols is 1. The van der Waals surface area contributed by atoms with Gasteiger partial charge in [-0.05, 0) is 17.7 Å². The van der Waals surface area contributed by atoms with E-state index in [1.807, 2.05) is 30.3 Å². The molecule has 0 amide bonds. The van der Waals surface area contributed by atoms with E-state index >= 15 is 0 Å². The smallest absolute Gasteiger partial charge is 0.140 e. The molecule has 2 aromatic carbocycles. The molecular formula is C13H14N2O. The second-order valence-corrected chi connectivity index (χ2v) is 3.58. The summed E-state index contributed by atoms with van der Waals surface area (Å²) in [6.45, 7) is 0.641. The molecule has 0 bridgehead atoms.